The predicted octanol–water partition coefficient (Wildman–Crippen LogP) is 4.49. The van der Waals surface area contributed by atoms with Gasteiger partial charge in [0.2, 0.25) is 0 Å². The summed E-state index contributed by atoms with van der Waals surface area (Å²) in [6, 6.07) is 5.85. The number of ether oxygens (including phenoxy) is 1. The Kier molecular flexibility index (Phi) is 5.66. The molecule has 1 aromatic carbocycles. The van der Waals surface area contributed by atoms with E-state index >= 15 is 0 Å². The fraction of sp³-hybridized carbons (Fsp3) is 0.562. The van der Waals surface area contributed by atoms with Crippen molar-refractivity contribution in [3.63, 3.8) is 0 Å². The highest BCUT2D eigenvalue weighted by molar-refractivity contribution is 9.11. The quantitative estimate of drug-likeness (QED) is 0.504. The fourth-order valence-corrected chi connectivity index (χ4v) is 3.39. The molecule has 1 fully saturated rings. The van der Waals surface area contributed by atoms with Gasteiger partial charge in [0.25, 0.3) is 0 Å². The van der Waals surface area contributed by atoms with Crippen molar-refractivity contribution in [3.05, 3.63) is 32.7 Å². The van der Waals surface area contributed by atoms with Gasteiger partial charge in [0.05, 0.1) is 24.7 Å². The molecule has 2 rings (SSSR count). The summed E-state index contributed by atoms with van der Waals surface area (Å²) in [4.78, 5) is 11.9. The van der Waals surface area contributed by atoms with E-state index in [1.807, 2.05) is 45.9 Å². The topological polar surface area (TPSA) is 44.8 Å². The van der Waals surface area contributed by atoms with Crippen molar-refractivity contribution in [1.82, 2.24) is 0 Å². The molecule has 1 aromatic rings. The highest BCUT2D eigenvalue weighted by Crippen LogP contribution is 2.43. The van der Waals surface area contributed by atoms with E-state index in [2.05, 4.69) is 31.9 Å². The first-order valence-corrected chi connectivity index (χ1v) is 9.03. The number of rotatable bonds is 4. The molecule has 7 heteroatoms. The Morgan fingerprint density at radius 1 is 1.22 bits per heavy atom. The van der Waals surface area contributed by atoms with Gasteiger partial charge in [-0.2, -0.15) is 0 Å². The molecule has 1 saturated heterocycles. The number of carbonyl (C=O) groups excluding carboxylic acids is 1. The lowest BCUT2D eigenvalue weighted by atomic mass is 9.66. The first-order chi connectivity index (χ1) is 10.6. The van der Waals surface area contributed by atoms with Gasteiger partial charge < -0.3 is 14.0 Å². The molecular formula is C16H21BBr2O4. The van der Waals surface area contributed by atoms with Crippen molar-refractivity contribution >= 4 is 44.9 Å². The number of halogens is 2. The standard InChI is InChI=1S/C16H21BBr2O4/c1-15(2)16(3,4)23-17(22-15)12(9-14(20)21-5)11-8-10(18)6-7-13(11)19/h6-8,12H,9H2,1-5H3. The second kappa shape index (κ2) is 6.86. The first kappa shape index (κ1) is 19.0. The lowest BCUT2D eigenvalue weighted by molar-refractivity contribution is -0.140. The summed E-state index contributed by atoms with van der Waals surface area (Å²) < 4.78 is 19.0. The zero-order valence-electron chi connectivity index (χ0n) is 14.0. The third-order valence-corrected chi connectivity index (χ3v) is 5.79. The Morgan fingerprint density at radius 3 is 2.30 bits per heavy atom. The van der Waals surface area contributed by atoms with Crippen molar-refractivity contribution in [2.24, 2.45) is 0 Å². The Hall–Kier alpha value is -0.365. The highest BCUT2D eigenvalue weighted by Gasteiger charge is 2.54. The zero-order chi connectivity index (χ0) is 17.4. The van der Waals surface area contributed by atoms with Crippen LogP contribution in [0.2, 0.25) is 0 Å². The number of esters is 1. The average molecular weight is 448 g/mol. The van der Waals surface area contributed by atoms with E-state index < -0.39 is 18.3 Å². The third kappa shape index (κ3) is 4.01. The van der Waals surface area contributed by atoms with Crippen LogP contribution in [0.3, 0.4) is 0 Å². The van der Waals surface area contributed by atoms with E-state index in [0.29, 0.717) is 0 Å². The molecule has 0 aliphatic carbocycles. The Balaban J connectivity index is 2.40. The largest absolute Gasteiger partial charge is 0.469 e. The fourth-order valence-electron chi connectivity index (χ4n) is 2.47. The maximum atomic E-state index is 11.9. The van der Waals surface area contributed by atoms with Crippen LogP contribution in [0.25, 0.3) is 0 Å². The minimum absolute atomic E-state index is 0.183. The first-order valence-electron chi connectivity index (χ1n) is 7.45. The highest BCUT2D eigenvalue weighted by atomic mass is 79.9. The van der Waals surface area contributed by atoms with E-state index in [9.17, 15) is 4.79 Å². The van der Waals surface area contributed by atoms with Crippen LogP contribution >= 0.6 is 31.9 Å². The SMILES string of the molecule is COC(=O)CC(B1OC(C)(C)C(C)(C)O1)c1cc(Br)ccc1Br. The maximum Gasteiger partial charge on any atom is 0.466 e. The van der Waals surface area contributed by atoms with Gasteiger partial charge in [0, 0.05) is 14.8 Å². The van der Waals surface area contributed by atoms with Gasteiger partial charge in [-0.25, -0.2) is 0 Å². The van der Waals surface area contributed by atoms with Gasteiger partial charge in [0.15, 0.2) is 0 Å². The van der Waals surface area contributed by atoms with Gasteiger partial charge in [0.1, 0.15) is 0 Å². The smallest absolute Gasteiger partial charge is 0.466 e. The molecule has 0 N–H and O–H groups in total. The molecule has 0 radical (unpaired) electrons. The van der Waals surface area contributed by atoms with Crippen LogP contribution in [0.15, 0.2) is 27.1 Å². The molecule has 0 saturated carbocycles. The number of benzene rings is 1. The zero-order valence-corrected chi connectivity index (χ0v) is 17.2. The van der Waals surface area contributed by atoms with Crippen molar-refractivity contribution in [1.29, 1.82) is 0 Å². The van der Waals surface area contributed by atoms with Crippen LogP contribution < -0.4 is 0 Å². The lowest BCUT2D eigenvalue weighted by Gasteiger charge is -2.32. The monoisotopic (exact) mass is 446 g/mol. The van der Waals surface area contributed by atoms with Crippen molar-refractivity contribution < 1.29 is 18.8 Å². The van der Waals surface area contributed by atoms with Crippen LogP contribution in [0.5, 0.6) is 0 Å². The Bertz CT molecular complexity index is 588. The van der Waals surface area contributed by atoms with Gasteiger partial charge >= 0.3 is 13.1 Å². The second-order valence-electron chi connectivity index (χ2n) is 6.68. The minimum Gasteiger partial charge on any atom is -0.469 e. The normalized spacial score (nSPS) is 20.4. The summed E-state index contributed by atoms with van der Waals surface area (Å²) in [5, 5.41) is 0. The van der Waals surface area contributed by atoms with Gasteiger partial charge in [-0.15, -0.1) is 0 Å². The van der Waals surface area contributed by atoms with Crippen molar-refractivity contribution in [2.45, 2.75) is 51.1 Å². The number of methoxy groups -OCH3 is 1. The lowest BCUT2D eigenvalue weighted by Crippen LogP contribution is -2.41. The van der Waals surface area contributed by atoms with E-state index in [0.717, 1.165) is 14.5 Å². The molecule has 1 atom stereocenters. The molecule has 126 valence electrons. The number of carbonyl (C=O) groups is 1. The molecule has 0 amide bonds. The van der Waals surface area contributed by atoms with E-state index in [1.165, 1.54) is 7.11 Å². The van der Waals surface area contributed by atoms with Crippen LogP contribution in [0, 0.1) is 0 Å². The summed E-state index contributed by atoms with van der Waals surface area (Å²) in [5.41, 5.74) is 0.0398. The van der Waals surface area contributed by atoms with Crippen LogP contribution in [-0.4, -0.2) is 31.4 Å². The van der Waals surface area contributed by atoms with Crippen molar-refractivity contribution in [2.75, 3.05) is 7.11 Å². The third-order valence-electron chi connectivity index (χ3n) is 4.57. The molecule has 1 aliphatic rings. The van der Waals surface area contributed by atoms with Gasteiger partial charge in [-0.1, -0.05) is 31.9 Å². The van der Waals surface area contributed by atoms with Crippen LogP contribution in [0.1, 0.15) is 45.5 Å². The molecule has 4 nitrogen and oxygen atoms in total. The Morgan fingerprint density at radius 2 is 1.78 bits per heavy atom. The maximum absolute atomic E-state index is 11.9. The van der Waals surface area contributed by atoms with Crippen LogP contribution in [0.4, 0.5) is 0 Å². The molecule has 1 heterocycles. The summed E-state index contributed by atoms with van der Waals surface area (Å²) in [6.45, 7) is 7.99. The second-order valence-corrected chi connectivity index (χ2v) is 8.45. The van der Waals surface area contributed by atoms with E-state index in [1.54, 1.807) is 0 Å². The van der Waals surface area contributed by atoms with E-state index in [-0.39, 0.29) is 18.2 Å². The molecule has 1 aliphatic heterocycles. The minimum atomic E-state index is -0.523. The predicted molar refractivity (Wildman–Crippen MR) is 97.3 cm³/mol. The van der Waals surface area contributed by atoms with Crippen molar-refractivity contribution in [3.8, 4) is 0 Å². The average Bonchev–Trinajstić information content (AvgIpc) is 2.67. The van der Waals surface area contributed by atoms with Gasteiger partial charge in [-0.3, -0.25) is 4.79 Å². The van der Waals surface area contributed by atoms with Gasteiger partial charge in [-0.05, 0) is 51.5 Å². The molecule has 0 aromatic heterocycles. The number of hydrogen-bond donors (Lipinski definition) is 0. The molecule has 0 bridgehead atoms. The number of hydrogen-bond acceptors (Lipinski definition) is 4. The summed E-state index contributed by atoms with van der Waals surface area (Å²) >= 11 is 7.05. The molecule has 0 spiro atoms. The van der Waals surface area contributed by atoms with Crippen LogP contribution in [-0.2, 0) is 18.8 Å². The summed E-state index contributed by atoms with van der Waals surface area (Å²) in [5.74, 6) is -0.563. The summed E-state index contributed by atoms with van der Waals surface area (Å²) in [7, 11) is 0.865. The van der Waals surface area contributed by atoms with E-state index in [4.69, 9.17) is 14.0 Å². The molecule has 23 heavy (non-hydrogen) atoms. The molecule has 1 unspecified atom stereocenters. The molecular weight excluding hydrogens is 427 g/mol. The summed E-state index contributed by atoms with van der Waals surface area (Å²) in [6.07, 6.45) is 0.183. The Labute approximate surface area is 154 Å².